The molecule has 0 saturated carbocycles. The summed E-state index contributed by atoms with van der Waals surface area (Å²) >= 11 is 2.80. The molecule has 2 atom stereocenters. The number of thiazole rings is 1. The van der Waals surface area contributed by atoms with Gasteiger partial charge in [0.1, 0.15) is 4.88 Å². The topological polar surface area (TPSA) is 80.9 Å². The normalized spacial score (nSPS) is 15.5. The Morgan fingerprint density at radius 3 is 2.67 bits per heavy atom. The van der Waals surface area contributed by atoms with Gasteiger partial charge in [0, 0.05) is 0 Å². The molecule has 1 amide bonds. The van der Waals surface area contributed by atoms with Gasteiger partial charge in [-0.3, -0.25) is 4.79 Å². The van der Waals surface area contributed by atoms with Crippen molar-refractivity contribution in [2.24, 2.45) is 0 Å². The van der Waals surface area contributed by atoms with Gasteiger partial charge in [-0.1, -0.05) is 30.0 Å². The van der Waals surface area contributed by atoms with Crippen LogP contribution in [0.25, 0.3) is 10.8 Å². The molecule has 2 heterocycles. The van der Waals surface area contributed by atoms with E-state index in [0.29, 0.717) is 11.1 Å². The molecule has 0 saturated heterocycles. The van der Waals surface area contributed by atoms with Crippen molar-refractivity contribution >= 4 is 29.0 Å². The second kappa shape index (κ2) is 8.89. The summed E-state index contributed by atoms with van der Waals surface area (Å²) in [5, 5.41) is 12.3. The Bertz CT molecular complexity index is 1060. The van der Waals surface area contributed by atoms with Gasteiger partial charge >= 0.3 is 0 Å². The lowest BCUT2D eigenvalue weighted by molar-refractivity contribution is -0.120. The molecule has 6 nitrogen and oxygen atoms in total. The molecule has 0 spiro atoms. The lowest BCUT2D eigenvalue weighted by atomic mass is 9.89. The molecule has 8 heteroatoms. The first kappa shape index (κ1) is 21.1. The molecule has 1 aliphatic carbocycles. The molecule has 30 heavy (non-hydrogen) atoms. The Balaban J connectivity index is 1.37. The molecule has 1 aromatic carbocycles. The molecule has 3 aromatic rings. The van der Waals surface area contributed by atoms with Crippen molar-refractivity contribution in [3.63, 3.8) is 0 Å². The van der Waals surface area contributed by atoms with E-state index >= 15 is 0 Å². The van der Waals surface area contributed by atoms with Crippen LogP contribution in [0.2, 0.25) is 0 Å². The Morgan fingerprint density at radius 2 is 1.93 bits per heavy atom. The summed E-state index contributed by atoms with van der Waals surface area (Å²) < 4.78 is 5.77. The summed E-state index contributed by atoms with van der Waals surface area (Å²) in [5.41, 5.74) is 4.90. The van der Waals surface area contributed by atoms with E-state index < -0.39 is 0 Å². The molecule has 1 N–H and O–H groups in total. The quantitative estimate of drug-likeness (QED) is 0.538. The fourth-order valence-electron chi connectivity index (χ4n) is 3.72. The molecule has 2 aromatic heterocycles. The van der Waals surface area contributed by atoms with E-state index in [0.717, 1.165) is 34.0 Å². The van der Waals surface area contributed by atoms with E-state index in [4.69, 9.17) is 4.42 Å². The molecule has 0 fully saturated rings. The number of carbonyl (C=O) groups is 1. The van der Waals surface area contributed by atoms with Crippen molar-refractivity contribution in [1.82, 2.24) is 20.5 Å². The molecular formula is C22H26N4O2S2. The highest BCUT2D eigenvalue weighted by molar-refractivity contribution is 8.00. The fourth-order valence-corrected chi connectivity index (χ4v) is 5.25. The molecule has 0 bridgehead atoms. The molecule has 4 rings (SSSR count). The van der Waals surface area contributed by atoms with E-state index in [-0.39, 0.29) is 17.2 Å². The Hall–Kier alpha value is -2.19. The second-order valence-corrected chi connectivity index (χ2v) is 10.2. The minimum Gasteiger partial charge on any atom is -0.410 e. The molecule has 2 unspecified atom stereocenters. The van der Waals surface area contributed by atoms with Crippen LogP contribution < -0.4 is 5.32 Å². The average Bonchev–Trinajstić information content (AvgIpc) is 3.32. The highest BCUT2D eigenvalue weighted by Gasteiger charge is 2.22. The van der Waals surface area contributed by atoms with Crippen LogP contribution in [0.4, 0.5) is 0 Å². The maximum atomic E-state index is 12.7. The lowest BCUT2D eigenvalue weighted by Crippen LogP contribution is -2.33. The third-order valence-corrected chi connectivity index (χ3v) is 7.38. The van der Waals surface area contributed by atoms with Crippen molar-refractivity contribution in [1.29, 1.82) is 0 Å². The zero-order chi connectivity index (χ0) is 21.3. The monoisotopic (exact) mass is 442 g/mol. The number of aromatic nitrogens is 3. The number of amides is 1. The predicted octanol–water partition coefficient (Wildman–Crippen LogP) is 5.05. The highest BCUT2D eigenvalue weighted by Crippen LogP contribution is 2.32. The van der Waals surface area contributed by atoms with Crippen LogP contribution in [0, 0.1) is 13.8 Å². The summed E-state index contributed by atoms with van der Waals surface area (Å²) in [7, 11) is 0. The largest absolute Gasteiger partial charge is 0.410 e. The van der Waals surface area contributed by atoms with E-state index in [1.165, 1.54) is 47.1 Å². The molecule has 0 radical (unpaired) electrons. The standard InChI is InChI=1S/C22H26N4O2S2/c1-12(17-10-9-16-7-5-6-8-18(16)11-17)24-20(27)14(3)29-22-26-25-21(28-22)19-13(2)23-15(4)30-19/h9-12,14H,5-8H2,1-4H3,(H,24,27). The van der Waals surface area contributed by atoms with Crippen LogP contribution in [-0.2, 0) is 17.6 Å². The summed E-state index contributed by atoms with van der Waals surface area (Å²) in [5.74, 6) is 0.408. The fraction of sp³-hybridized carbons (Fsp3) is 0.455. The zero-order valence-corrected chi connectivity index (χ0v) is 19.3. The smallest absolute Gasteiger partial charge is 0.277 e. The van der Waals surface area contributed by atoms with Crippen LogP contribution in [0.1, 0.15) is 60.1 Å². The van der Waals surface area contributed by atoms with Gasteiger partial charge in [-0.15, -0.1) is 21.5 Å². The van der Waals surface area contributed by atoms with Gasteiger partial charge in [0.2, 0.25) is 5.91 Å². The van der Waals surface area contributed by atoms with E-state index in [1.54, 1.807) is 0 Å². The maximum Gasteiger partial charge on any atom is 0.277 e. The number of thioether (sulfide) groups is 1. The van der Waals surface area contributed by atoms with E-state index in [9.17, 15) is 4.79 Å². The first-order valence-electron chi connectivity index (χ1n) is 10.3. The number of hydrogen-bond donors (Lipinski definition) is 1. The summed E-state index contributed by atoms with van der Waals surface area (Å²) in [6, 6.07) is 6.56. The predicted molar refractivity (Wildman–Crippen MR) is 120 cm³/mol. The van der Waals surface area contributed by atoms with Crippen molar-refractivity contribution in [2.45, 2.75) is 69.9 Å². The number of rotatable bonds is 6. The zero-order valence-electron chi connectivity index (χ0n) is 17.7. The minimum atomic E-state index is -0.345. The van der Waals surface area contributed by atoms with Gasteiger partial charge < -0.3 is 9.73 Å². The number of hydrogen-bond acceptors (Lipinski definition) is 7. The number of fused-ring (bicyclic) bond motifs is 1. The average molecular weight is 443 g/mol. The minimum absolute atomic E-state index is 0.0465. The van der Waals surface area contributed by atoms with Crippen LogP contribution in [0.3, 0.4) is 0 Å². The number of carbonyl (C=O) groups excluding carboxylic acids is 1. The summed E-state index contributed by atoms with van der Waals surface area (Å²) in [6.45, 7) is 7.75. The van der Waals surface area contributed by atoms with Crippen LogP contribution >= 0.6 is 23.1 Å². The highest BCUT2D eigenvalue weighted by atomic mass is 32.2. The van der Waals surface area contributed by atoms with Gasteiger partial charge in [0.15, 0.2) is 0 Å². The van der Waals surface area contributed by atoms with E-state index in [1.807, 2.05) is 27.7 Å². The van der Waals surface area contributed by atoms with Crippen LogP contribution in [0.15, 0.2) is 27.8 Å². The van der Waals surface area contributed by atoms with Crippen molar-refractivity contribution in [3.05, 3.63) is 45.6 Å². The Morgan fingerprint density at radius 1 is 1.17 bits per heavy atom. The van der Waals surface area contributed by atoms with E-state index in [2.05, 4.69) is 38.7 Å². The Labute approximate surface area is 184 Å². The summed E-state index contributed by atoms with van der Waals surface area (Å²) in [6.07, 6.45) is 4.82. The summed E-state index contributed by atoms with van der Waals surface area (Å²) in [4.78, 5) is 18.0. The van der Waals surface area contributed by atoms with Gasteiger partial charge in [-0.05, 0) is 70.1 Å². The van der Waals surface area contributed by atoms with Crippen molar-refractivity contribution in [2.75, 3.05) is 0 Å². The molecular weight excluding hydrogens is 416 g/mol. The number of nitrogens with zero attached hydrogens (tertiary/aromatic N) is 3. The van der Waals surface area contributed by atoms with Crippen LogP contribution in [-0.4, -0.2) is 26.3 Å². The van der Waals surface area contributed by atoms with Gasteiger partial charge in [0.25, 0.3) is 11.1 Å². The second-order valence-electron chi connectivity index (χ2n) is 7.75. The van der Waals surface area contributed by atoms with Crippen molar-refractivity contribution < 1.29 is 9.21 Å². The van der Waals surface area contributed by atoms with Crippen LogP contribution in [0.5, 0.6) is 0 Å². The molecule has 158 valence electrons. The van der Waals surface area contributed by atoms with Gasteiger partial charge in [-0.25, -0.2) is 4.98 Å². The molecule has 0 aliphatic heterocycles. The Kier molecular flexibility index (Phi) is 6.24. The van der Waals surface area contributed by atoms with Crippen molar-refractivity contribution in [3.8, 4) is 10.8 Å². The first-order valence-corrected chi connectivity index (χ1v) is 12.0. The third kappa shape index (κ3) is 4.59. The number of nitrogens with one attached hydrogen (secondary N) is 1. The number of benzene rings is 1. The number of aryl methyl sites for hydroxylation is 4. The maximum absolute atomic E-state index is 12.7. The third-order valence-electron chi connectivity index (χ3n) is 5.38. The first-order chi connectivity index (χ1) is 14.4. The molecule has 1 aliphatic rings. The SMILES string of the molecule is Cc1nc(C)c(-c2nnc(SC(C)C(=O)NC(C)c3ccc4c(c3)CCCC4)o2)s1. The lowest BCUT2D eigenvalue weighted by Gasteiger charge is -2.21. The van der Waals surface area contributed by atoms with Gasteiger partial charge in [-0.2, -0.15) is 0 Å². The van der Waals surface area contributed by atoms with Gasteiger partial charge in [0.05, 0.1) is 22.0 Å².